The predicted molar refractivity (Wildman–Crippen MR) is 83.8 cm³/mol. The van der Waals surface area contributed by atoms with E-state index in [1.807, 2.05) is 36.4 Å². The molecule has 19 heavy (non-hydrogen) atoms. The fraction of sp³-hybridized carbons (Fsp3) is 0.200. The van der Waals surface area contributed by atoms with Crippen LogP contribution >= 0.6 is 27.5 Å². The van der Waals surface area contributed by atoms with E-state index in [1.165, 1.54) is 5.56 Å². The third kappa shape index (κ3) is 3.96. The van der Waals surface area contributed by atoms with E-state index < -0.39 is 0 Å². The van der Waals surface area contributed by atoms with Crippen LogP contribution in [-0.4, -0.2) is 13.7 Å². The number of methoxy groups -OCH3 is 1. The van der Waals surface area contributed by atoms with Gasteiger partial charge in [-0.3, -0.25) is 0 Å². The fourth-order valence-electron chi connectivity index (χ4n) is 1.87. The Morgan fingerprint density at radius 2 is 1.95 bits per heavy atom. The molecule has 2 nitrogen and oxygen atoms in total. The second kappa shape index (κ2) is 6.94. The van der Waals surface area contributed by atoms with Crippen molar-refractivity contribution in [3.63, 3.8) is 0 Å². The molecule has 0 amide bonds. The molecule has 4 heteroatoms. The van der Waals surface area contributed by atoms with Crippen molar-refractivity contribution in [3.8, 4) is 0 Å². The van der Waals surface area contributed by atoms with Gasteiger partial charge in [0.15, 0.2) is 0 Å². The van der Waals surface area contributed by atoms with Gasteiger partial charge in [0.1, 0.15) is 0 Å². The molecule has 0 aromatic heterocycles. The van der Waals surface area contributed by atoms with Crippen molar-refractivity contribution in [1.29, 1.82) is 0 Å². The van der Waals surface area contributed by atoms with E-state index in [9.17, 15) is 0 Å². The molecule has 1 unspecified atom stereocenters. The van der Waals surface area contributed by atoms with Crippen LogP contribution in [0.3, 0.4) is 0 Å². The van der Waals surface area contributed by atoms with Gasteiger partial charge >= 0.3 is 0 Å². The number of hydrogen-bond donors (Lipinski definition) is 1. The summed E-state index contributed by atoms with van der Waals surface area (Å²) >= 11 is 9.66. The summed E-state index contributed by atoms with van der Waals surface area (Å²) in [5.74, 6) is 0. The summed E-state index contributed by atoms with van der Waals surface area (Å²) < 4.78 is 6.27. The molecular formula is C15H15BrClNO. The molecule has 2 aromatic rings. The van der Waals surface area contributed by atoms with Gasteiger partial charge in [-0.1, -0.05) is 57.9 Å². The first-order chi connectivity index (χ1) is 9.20. The van der Waals surface area contributed by atoms with E-state index in [2.05, 4.69) is 33.4 Å². The second-order valence-corrected chi connectivity index (χ2v) is 5.51. The Morgan fingerprint density at radius 1 is 1.21 bits per heavy atom. The van der Waals surface area contributed by atoms with Crippen molar-refractivity contribution in [3.05, 3.63) is 63.6 Å². The van der Waals surface area contributed by atoms with Crippen LogP contribution in [0.5, 0.6) is 0 Å². The molecule has 1 atom stereocenters. The monoisotopic (exact) mass is 339 g/mol. The number of anilines is 1. The van der Waals surface area contributed by atoms with Gasteiger partial charge in [-0.25, -0.2) is 0 Å². The van der Waals surface area contributed by atoms with Crippen molar-refractivity contribution >= 4 is 33.2 Å². The van der Waals surface area contributed by atoms with Crippen molar-refractivity contribution in [1.82, 2.24) is 0 Å². The van der Waals surface area contributed by atoms with Crippen LogP contribution in [0.15, 0.2) is 53.0 Å². The molecular weight excluding hydrogens is 326 g/mol. The maximum Gasteiger partial charge on any atom is 0.0748 e. The highest BCUT2D eigenvalue weighted by atomic mass is 79.9. The van der Waals surface area contributed by atoms with Crippen molar-refractivity contribution in [2.75, 3.05) is 19.0 Å². The Kier molecular flexibility index (Phi) is 5.25. The molecule has 0 fully saturated rings. The maximum atomic E-state index is 6.20. The lowest BCUT2D eigenvalue weighted by Gasteiger charge is -2.20. The fourth-order valence-corrected chi connectivity index (χ4v) is 2.40. The number of nitrogens with one attached hydrogen (secondary N) is 1. The van der Waals surface area contributed by atoms with Crippen molar-refractivity contribution in [2.24, 2.45) is 0 Å². The number of rotatable bonds is 5. The summed E-state index contributed by atoms with van der Waals surface area (Å²) in [6, 6.07) is 16.0. The molecule has 0 saturated heterocycles. The van der Waals surface area contributed by atoms with Crippen molar-refractivity contribution < 1.29 is 4.74 Å². The van der Waals surface area contributed by atoms with Crippen LogP contribution in [0.25, 0.3) is 0 Å². The molecule has 0 saturated carbocycles. The van der Waals surface area contributed by atoms with E-state index in [4.69, 9.17) is 16.3 Å². The maximum absolute atomic E-state index is 6.20. The van der Waals surface area contributed by atoms with Gasteiger partial charge < -0.3 is 10.1 Å². The molecule has 0 aliphatic heterocycles. The largest absolute Gasteiger partial charge is 0.382 e. The summed E-state index contributed by atoms with van der Waals surface area (Å²) in [6.07, 6.45) is 0. The molecule has 0 heterocycles. The van der Waals surface area contributed by atoms with E-state index in [0.717, 1.165) is 10.2 Å². The molecule has 0 bridgehead atoms. The SMILES string of the molecule is COCC(Nc1cc(Br)ccc1Cl)c1ccccc1. The van der Waals surface area contributed by atoms with Crippen molar-refractivity contribution in [2.45, 2.75) is 6.04 Å². The lowest BCUT2D eigenvalue weighted by atomic mass is 10.1. The minimum Gasteiger partial charge on any atom is -0.382 e. The first-order valence-corrected chi connectivity index (χ1v) is 7.13. The predicted octanol–water partition coefficient (Wildman–Crippen LogP) is 4.90. The molecule has 0 radical (unpaired) electrons. The Labute approximate surface area is 126 Å². The molecule has 0 aliphatic rings. The molecule has 0 spiro atoms. The molecule has 0 aliphatic carbocycles. The second-order valence-electron chi connectivity index (χ2n) is 4.19. The summed E-state index contributed by atoms with van der Waals surface area (Å²) in [5.41, 5.74) is 2.06. The first kappa shape index (κ1) is 14.4. The van der Waals surface area contributed by atoms with E-state index in [-0.39, 0.29) is 6.04 Å². The Hall–Kier alpha value is -1.03. The summed E-state index contributed by atoms with van der Waals surface area (Å²) in [5, 5.41) is 4.11. The quantitative estimate of drug-likeness (QED) is 0.835. The minimum absolute atomic E-state index is 0.0676. The summed E-state index contributed by atoms with van der Waals surface area (Å²) in [7, 11) is 1.69. The van der Waals surface area contributed by atoms with Crippen LogP contribution in [0.4, 0.5) is 5.69 Å². The van der Waals surface area contributed by atoms with Gasteiger partial charge in [-0.05, 0) is 23.8 Å². The van der Waals surface area contributed by atoms with E-state index in [1.54, 1.807) is 7.11 Å². The number of ether oxygens (including phenoxy) is 1. The Bertz CT molecular complexity index is 533. The lowest BCUT2D eigenvalue weighted by Crippen LogP contribution is -2.16. The zero-order chi connectivity index (χ0) is 13.7. The highest BCUT2D eigenvalue weighted by Crippen LogP contribution is 2.29. The van der Waals surface area contributed by atoms with Gasteiger partial charge in [0.2, 0.25) is 0 Å². The Balaban J connectivity index is 2.24. The molecule has 1 N–H and O–H groups in total. The topological polar surface area (TPSA) is 21.3 Å². The van der Waals surface area contributed by atoms with Gasteiger partial charge in [0.05, 0.1) is 23.4 Å². The smallest absolute Gasteiger partial charge is 0.0748 e. The van der Waals surface area contributed by atoms with Crippen LogP contribution < -0.4 is 5.32 Å². The summed E-state index contributed by atoms with van der Waals surface area (Å²) in [4.78, 5) is 0. The minimum atomic E-state index is 0.0676. The van der Waals surface area contributed by atoms with Crippen LogP contribution in [-0.2, 0) is 4.74 Å². The third-order valence-corrected chi connectivity index (χ3v) is 3.62. The number of halogens is 2. The summed E-state index contributed by atoms with van der Waals surface area (Å²) in [6.45, 7) is 0.576. The van der Waals surface area contributed by atoms with Gasteiger partial charge in [-0.15, -0.1) is 0 Å². The average Bonchev–Trinajstić information content (AvgIpc) is 2.43. The van der Waals surface area contributed by atoms with Crippen LogP contribution in [0, 0.1) is 0 Å². The average molecular weight is 341 g/mol. The zero-order valence-corrected chi connectivity index (χ0v) is 12.9. The van der Waals surface area contributed by atoms with Gasteiger partial charge in [-0.2, -0.15) is 0 Å². The number of benzene rings is 2. The van der Waals surface area contributed by atoms with Crippen LogP contribution in [0.1, 0.15) is 11.6 Å². The van der Waals surface area contributed by atoms with Crippen LogP contribution in [0.2, 0.25) is 5.02 Å². The number of hydrogen-bond acceptors (Lipinski definition) is 2. The standard InChI is InChI=1S/C15H15BrClNO/c1-19-10-15(11-5-3-2-4-6-11)18-14-9-12(16)7-8-13(14)17/h2-9,15,18H,10H2,1H3. The lowest BCUT2D eigenvalue weighted by molar-refractivity contribution is 0.186. The first-order valence-electron chi connectivity index (χ1n) is 5.96. The Morgan fingerprint density at radius 3 is 2.63 bits per heavy atom. The third-order valence-electron chi connectivity index (χ3n) is 2.79. The van der Waals surface area contributed by atoms with E-state index >= 15 is 0 Å². The molecule has 2 aromatic carbocycles. The molecule has 2 rings (SSSR count). The van der Waals surface area contributed by atoms with Gasteiger partial charge in [0.25, 0.3) is 0 Å². The highest BCUT2D eigenvalue weighted by Gasteiger charge is 2.12. The highest BCUT2D eigenvalue weighted by molar-refractivity contribution is 9.10. The van der Waals surface area contributed by atoms with Gasteiger partial charge in [0, 0.05) is 11.6 Å². The zero-order valence-electron chi connectivity index (χ0n) is 10.6. The molecule has 100 valence electrons. The van der Waals surface area contributed by atoms with E-state index in [0.29, 0.717) is 11.6 Å². The normalized spacial score (nSPS) is 12.2.